The van der Waals surface area contributed by atoms with Gasteiger partial charge in [0.1, 0.15) is 0 Å². The molecule has 0 unspecified atom stereocenters. The second-order valence-corrected chi connectivity index (χ2v) is 5.27. The second-order valence-electron chi connectivity index (χ2n) is 5.27. The van der Waals surface area contributed by atoms with Gasteiger partial charge in [0, 0.05) is 18.7 Å². The Morgan fingerprint density at radius 1 is 1.50 bits per heavy atom. The van der Waals surface area contributed by atoms with Crippen molar-refractivity contribution in [3.8, 4) is 0 Å². The normalized spacial score (nSPS) is 16.4. The van der Waals surface area contributed by atoms with E-state index in [4.69, 9.17) is 0 Å². The Morgan fingerprint density at radius 3 is 2.89 bits per heavy atom. The molecule has 0 aromatic carbocycles. The Balaban J connectivity index is 1.84. The van der Waals surface area contributed by atoms with E-state index in [9.17, 15) is 4.79 Å². The summed E-state index contributed by atoms with van der Waals surface area (Å²) in [7, 11) is 4.07. The van der Waals surface area contributed by atoms with Crippen LogP contribution in [0.25, 0.3) is 0 Å². The zero-order chi connectivity index (χ0) is 13.0. The molecular weight excluding hydrogens is 228 g/mol. The summed E-state index contributed by atoms with van der Waals surface area (Å²) in [6, 6.07) is 0. The van der Waals surface area contributed by atoms with E-state index in [0.29, 0.717) is 0 Å². The van der Waals surface area contributed by atoms with Crippen molar-refractivity contribution >= 4 is 11.6 Å². The number of hydrogen-bond acceptors (Lipinski definition) is 3. The molecule has 100 valence electrons. The Bertz CT molecular complexity index is 393. The number of anilines is 1. The summed E-state index contributed by atoms with van der Waals surface area (Å²) in [5.41, 5.74) is 0.811. The van der Waals surface area contributed by atoms with E-state index in [1.54, 1.807) is 6.20 Å². The van der Waals surface area contributed by atoms with Gasteiger partial charge in [-0.2, -0.15) is 5.10 Å². The Hall–Kier alpha value is -1.36. The summed E-state index contributed by atoms with van der Waals surface area (Å²) in [6.45, 7) is 1.78. The molecule has 1 aliphatic rings. The first-order chi connectivity index (χ1) is 8.65. The number of carbonyl (C=O) groups is 1. The van der Waals surface area contributed by atoms with E-state index < -0.39 is 0 Å². The maximum Gasteiger partial charge on any atom is 0.227 e. The van der Waals surface area contributed by atoms with Gasteiger partial charge in [0.25, 0.3) is 0 Å². The minimum Gasteiger partial charge on any atom is -0.323 e. The van der Waals surface area contributed by atoms with E-state index in [2.05, 4.69) is 15.3 Å². The molecule has 0 bridgehead atoms. The molecule has 1 aromatic rings. The summed E-state index contributed by atoms with van der Waals surface area (Å²) in [4.78, 5) is 14.0. The van der Waals surface area contributed by atoms with Gasteiger partial charge < -0.3 is 10.2 Å². The number of rotatable bonds is 5. The minimum atomic E-state index is 0.152. The molecule has 1 aromatic heterocycles. The van der Waals surface area contributed by atoms with Crippen LogP contribution >= 0.6 is 0 Å². The fourth-order valence-electron chi connectivity index (χ4n) is 2.29. The van der Waals surface area contributed by atoms with Gasteiger partial charge in [0.2, 0.25) is 5.91 Å². The van der Waals surface area contributed by atoms with Crippen molar-refractivity contribution in [2.75, 3.05) is 26.0 Å². The number of hydrogen-bond donors (Lipinski definition) is 1. The number of nitrogens with one attached hydrogen (secondary N) is 1. The molecule has 5 nitrogen and oxygen atoms in total. The molecule has 1 N–H and O–H groups in total. The summed E-state index contributed by atoms with van der Waals surface area (Å²) < 4.78 is 1.87. The standard InChI is InChI=1S/C13H22N4O/c1-16(2)7-8-17-10-12(9-14-17)15-13(18)11-5-3-4-6-11/h9-11H,3-8H2,1-2H3,(H,15,18). The Labute approximate surface area is 108 Å². The largest absolute Gasteiger partial charge is 0.323 e. The molecule has 1 aliphatic carbocycles. The highest BCUT2D eigenvalue weighted by molar-refractivity contribution is 5.92. The van der Waals surface area contributed by atoms with Crippen molar-refractivity contribution in [2.45, 2.75) is 32.2 Å². The minimum absolute atomic E-state index is 0.152. The zero-order valence-electron chi connectivity index (χ0n) is 11.2. The van der Waals surface area contributed by atoms with Crippen LogP contribution in [-0.4, -0.2) is 41.2 Å². The van der Waals surface area contributed by atoms with Gasteiger partial charge in [-0.05, 0) is 26.9 Å². The van der Waals surface area contributed by atoms with Gasteiger partial charge in [-0.15, -0.1) is 0 Å². The van der Waals surface area contributed by atoms with E-state index >= 15 is 0 Å². The van der Waals surface area contributed by atoms with Crippen molar-refractivity contribution in [1.82, 2.24) is 14.7 Å². The monoisotopic (exact) mass is 250 g/mol. The van der Waals surface area contributed by atoms with Crippen molar-refractivity contribution < 1.29 is 4.79 Å². The maximum absolute atomic E-state index is 11.9. The highest BCUT2D eigenvalue weighted by Gasteiger charge is 2.22. The molecule has 0 saturated heterocycles. The molecule has 0 atom stereocenters. The number of amides is 1. The zero-order valence-corrected chi connectivity index (χ0v) is 11.2. The average Bonchev–Trinajstić information content (AvgIpc) is 2.97. The van der Waals surface area contributed by atoms with Crippen LogP contribution in [0.4, 0.5) is 5.69 Å². The number of nitrogens with zero attached hydrogens (tertiary/aromatic N) is 3. The van der Waals surface area contributed by atoms with Gasteiger partial charge >= 0.3 is 0 Å². The van der Waals surface area contributed by atoms with Gasteiger partial charge in [-0.3, -0.25) is 9.48 Å². The van der Waals surface area contributed by atoms with Crippen LogP contribution in [0.5, 0.6) is 0 Å². The molecule has 0 aliphatic heterocycles. The molecule has 1 saturated carbocycles. The first-order valence-corrected chi connectivity index (χ1v) is 6.63. The molecule has 1 amide bonds. The highest BCUT2D eigenvalue weighted by atomic mass is 16.1. The average molecular weight is 250 g/mol. The van der Waals surface area contributed by atoms with Crippen LogP contribution < -0.4 is 5.32 Å². The van der Waals surface area contributed by atoms with Crippen molar-refractivity contribution in [1.29, 1.82) is 0 Å². The lowest BCUT2D eigenvalue weighted by atomic mass is 10.1. The number of carbonyl (C=O) groups excluding carboxylic acids is 1. The lowest BCUT2D eigenvalue weighted by Gasteiger charge is -2.09. The fraction of sp³-hybridized carbons (Fsp3) is 0.692. The molecular formula is C13H22N4O. The first kappa shape index (κ1) is 13.1. The third-order valence-corrected chi connectivity index (χ3v) is 3.40. The molecule has 18 heavy (non-hydrogen) atoms. The van der Waals surface area contributed by atoms with Gasteiger partial charge in [0.15, 0.2) is 0 Å². The maximum atomic E-state index is 11.9. The fourth-order valence-corrected chi connectivity index (χ4v) is 2.29. The smallest absolute Gasteiger partial charge is 0.227 e. The van der Waals surface area contributed by atoms with Crippen LogP contribution in [0.15, 0.2) is 12.4 Å². The van der Waals surface area contributed by atoms with Crippen LogP contribution in [0.2, 0.25) is 0 Å². The van der Waals surface area contributed by atoms with Crippen LogP contribution in [0, 0.1) is 5.92 Å². The van der Waals surface area contributed by atoms with Crippen molar-refractivity contribution in [3.63, 3.8) is 0 Å². The van der Waals surface area contributed by atoms with Crippen LogP contribution in [-0.2, 0) is 11.3 Å². The van der Waals surface area contributed by atoms with Crippen LogP contribution in [0.3, 0.4) is 0 Å². The highest BCUT2D eigenvalue weighted by Crippen LogP contribution is 2.25. The Morgan fingerprint density at radius 2 is 2.22 bits per heavy atom. The summed E-state index contributed by atoms with van der Waals surface area (Å²) >= 11 is 0. The summed E-state index contributed by atoms with van der Waals surface area (Å²) in [5.74, 6) is 0.356. The second kappa shape index (κ2) is 6.00. The summed E-state index contributed by atoms with van der Waals surface area (Å²) in [5, 5.41) is 7.20. The Kier molecular flexibility index (Phi) is 4.36. The topological polar surface area (TPSA) is 50.2 Å². The molecule has 0 spiro atoms. The van der Waals surface area contributed by atoms with Gasteiger partial charge in [0.05, 0.1) is 18.4 Å². The van der Waals surface area contributed by atoms with Gasteiger partial charge in [-0.25, -0.2) is 0 Å². The predicted octanol–water partition coefficient (Wildman–Crippen LogP) is 1.57. The van der Waals surface area contributed by atoms with E-state index in [1.807, 2.05) is 25.0 Å². The van der Waals surface area contributed by atoms with E-state index in [0.717, 1.165) is 31.6 Å². The molecule has 2 rings (SSSR count). The lowest BCUT2D eigenvalue weighted by molar-refractivity contribution is -0.119. The molecule has 1 heterocycles. The van der Waals surface area contributed by atoms with Gasteiger partial charge in [-0.1, -0.05) is 12.8 Å². The molecule has 1 fully saturated rings. The quantitative estimate of drug-likeness (QED) is 0.863. The molecule has 5 heteroatoms. The number of aromatic nitrogens is 2. The van der Waals surface area contributed by atoms with E-state index in [1.165, 1.54) is 12.8 Å². The van der Waals surface area contributed by atoms with Crippen molar-refractivity contribution in [3.05, 3.63) is 12.4 Å². The number of likely N-dealkylation sites (N-methyl/N-ethyl adjacent to an activating group) is 1. The predicted molar refractivity (Wildman–Crippen MR) is 71.4 cm³/mol. The lowest BCUT2D eigenvalue weighted by Crippen LogP contribution is -2.20. The summed E-state index contributed by atoms with van der Waals surface area (Å²) in [6.07, 6.45) is 8.04. The third kappa shape index (κ3) is 3.57. The third-order valence-electron chi connectivity index (χ3n) is 3.40. The van der Waals surface area contributed by atoms with Crippen LogP contribution in [0.1, 0.15) is 25.7 Å². The first-order valence-electron chi connectivity index (χ1n) is 6.63. The van der Waals surface area contributed by atoms with Crippen molar-refractivity contribution in [2.24, 2.45) is 5.92 Å². The molecule has 0 radical (unpaired) electrons. The SMILES string of the molecule is CN(C)CCn1cc(NC(=O)C2CCCC2)cn1. The van der Waals surface area contributed by atoms with E-state index in [-0.39, 0.29) is 11.8 Å².